The molecule has 1 aromatic carbocycles. The summed E-state index contributed by atoms with van der Waals surface area (Å²) in [5.74, 6) is -0.0340. The molecule has 2 rings (SSSR count). The van der Waals surface area contributed by atoms with Crippen molar-refractivity contribution in [2.24, 2.45) is 11.1 Å². The number of nitrogens with two attached hydrogens (primary N) is 1. The highest BCUT2D eigenvalue weighted by Crippen LogP contribution is 2.38. The van der Waals surface area contributed by atoms with Crippen LogP contribution in [0, 0.1) is 5.41 Å². The summed E-state index contributed by atoms with van der Waals surface area (Å²) >= 11 is 8.58. The summed E-state index contributed by atoms with van der Waals surface area (Å²) in [5.41, 5.74) is 6.21. The summed E-state index contributed by atoms with van der Waals surface area (Å²) in [6.07, 6.45) is 3.56. The zero-order chi connectivity index (χ0) is 13.9. The van der Waals surface area contributed by atoms with E-state index in [2.05, 4.69) is 21.2 Å². The van der Waals surface area contributed by atoms with Crippen molar-refractivity contribution >= 4 is 39.0 Å². The summed E-state index contributed by atoms with van der Waals surface area (Å²) in [5, 5.41) is 2.97. The number of thiocarbonyl (C=S) groups is 1. The van der Waals surface area contributed by atoms with Crippen LogP contribution in [0.3, 0.4) is 0 Å². The van der Waals surface area contributed by atoms with Crippen LogP contribution in [0.15, 0.2) is 28.7 Å². The molecule has 1 aliphatic carbocycles. The van der Waals surface area contributed by atoms with Gasteiger partial charge in [0.05, 0.1) is 10.4 Å². The number of rotatable bonds is 4. The van der Waals surface area contributed by atoms with Crippen molar-refractivity contribution in [3.05, 3.63) is 34.3 Å². The monoisotopic (exact) mass is 340 g/mol. The molecule has 3 nitrogen and oxygen atoms in total. The highest BCUT2D eigenvalue weighted by molar-refractivity contribution is 9.10. The molecule has 0 saturated heterocycles. The normalized spacial score (nSPS) is 17.1. The van der Waals surface area contributed by atoms with E-state index in [4.69, 9.17) is 18.0 Å². The fraction of sp³-hybridized carbons (Fsp3) is 0.429. The molecule has 0 heterocycles. The second-order valence-electron chi connectivity index (χ2n) is 4.93. The molecule has 0 spiro atoms. The van der Waals surface area contributed by atoms with Crippen LogP contribution in [-0.4, -0.2) is 10.9 Å². The van der Waals surface area contributed by atoms with E-state index in [-0.39, 0.29) is 5.91 Å². The van der Waals surface area contributed by atoms with Crippen molar-refractivity contribution in [3.8, 4) is 0 Å². The van der Waals surface area contributed by atoms with E-state index in [1.807, 2.05) is 24.3 Å². The Morgan fingerprint density at radius 3 is 2.58 bits per heavy atom. The fourth-order valence-electron chi connectivity index (χ4n) is 2.55. The standard InChI is InChI=1S/C14H17BrN2OS/c15-11-6-2-1-5-10(11)9-17-13(18)14(12(16)19)7-3-4-8-14/h1-2,5-6H,3-4,7-9H2,(H2,16,19)(H,17,18). The van der Waals surface area contributed by atoms with Crippen molar-refractivity contribution in [1.82, 2.24) is 5.32 Å². The molecule has 1 aliphatic rings. The molecule has 0 aromatic heterocycles. The summed E-state index contributed by atoms with van der Waals surface area (Å²) in [6, 6.07) is 7.83. The lowest BCUT2D eigenvalue weighted by molar-refractivity contribution is -0.127. The number of hydrogen-bond donors (Lipinski definition) is 2. The average molecular weight is 341 g/mol. The maximum absolute atomic E-state index is 12.4. The van der Waals surface area contributed by atoms with E-state index in [1.165, 1.54) is 0 Å². The Kier molecular flexibility index (Phi) is 4.58. The lowest BCUT2D eigenvalue weighted by Crippen LogP contribution is -2.47. The fourth-order valence-corrected chi connectivity index (χ4v) is 3.27. The van der Waals surface area contributed by atoms with Gasteiger partial charge < -0.3 is 11.1 Å². The van der Waals surface area contributed by atoms with Gasteiger partial charge in [0, 0.05) is 11.0 Å². The van der Waals surface area contributed by atoms with E-state index >= 15 is 0 Å². The van der Waals surface area contributed by atoms with Gasteiger partial charge in [0.2, 0.25) is 5.91 Å². The first-order valence-corrected chi connectivity index (χ1v) is 7.58. The predicted octanol–water partition coefficient (Wildman–Crippen LogP) is 2.91. The van der Waals surface area contributed by atoms with Gasteiger partial charge in [-0.3, -0.25) is 4.79 Å². The van der Waals surface area contributed by atoms with Gasteiger partial charge in [-0.25, -0.2) is 0 Å². The van der Waals surface area contributed by atoms with Crippen molar-refractivity contribution in [2.45, 2.75) is 32.2 Å². The molecule has 1 aromatic rings. The van der Waals surface area contributed by atoms with Crippen molar-refractivity contribution in [2.75, 3.05) is 0 Å². The first kappa shape index (κ1) is 14.5. The SMILES string of the molecule is NC(=S)C1(C(=O)NCc2ccccc2Br)CCCC1. The molecule has 0 radical (unpaired) electrons. The molecule has 1 saturated carbocycles. The van der Waals surface area contributed by atoms with Crippen molar-refractivity contribution < 1.29 is 4.79 Å². The van der Waals surface area contributed by atoms with Gasteiger partial charge in [-0.1, -0.05) is 59.2 Å². The van der Waals surface area contributed by atoms with Crippen LogP contribution in [0.5, 0.6) is 0 Å². The first-order chi connectivity index (χ1) is 9.06. The highest BCUT2D eigenvalue weighted by Gasteiger charge is 2.43. The number of amides is 1. The van der Waals surface area contributed by atoms with Crippen molar-refractivity contribution in [1.29, 1.82) is 0 Å². The van der Waals surface area contributed by atoms with Gasteiger partial charge in [-0.05, 0) is 24.5 Å². The number of nitrogens with one attached hydrogen (secondary N) is 1. The Labute approximate surface area is 127 Å². The Bertz CT molecular complexity index is 498. The lowest BCUT2D eigenvalue weighted by atomic mass is 9.85. The van der Waals surface area contributed by atoms with E-state index in [1.54, 1.807) is 0 Å². The zero-order valence-corrected chi connectivity index (χ0v) is 13.0. The third-order valence-corrected chi connectivity index (χ3v) is 4.93. The van der Waals surface area contributed by atoms with Gasteiger partial charge in [0.1, 0.15) is 0 Å². The van der Waals surface area contributed by atoms with Gasteiger partial charge in [0.25, 0.3) is 0 Å². The quantitative estimate of drug-likeness (QED) is 0.828. The minimum atomic E-state index is -0.628. The summed E-state index contributed by atoms with van der Waals surface area (Å²) in [7, 11) is 0. The summed E-state index contributed by atoms with van der Waals surface area (Å²) < 4.78 is 0.992. The number of hydrogen-bond acceptors (Lipinski definition) is 2. The van der Waals surface area contributed by atoms with Crippen LogP contribution < -0.4 is 11.1 Å². The number of halogens is 1. The van der Waals surface area contributed by atoms with Crippen LogP contribution >= 0.6 is 28.1 Å². The van der Waals surface area contributed by atoms with Crippen LogP contribution in [0.1, 0.15) is 31.2 Å². The van der Waals surface area contributed by atoms with Gasteiger partial charge in [0.15, 0.2) is 0 Å². The van der Waals surface area contributed by atoms with Gasteiger partial charge >= 0.3 is 0 Å². The van der Waals surface area contributed by atoms with Crippen LogP contribution in [0.2, 0.25) is 0 Å². The van der Waals surface area contributed by atoms with Crippen LogP contribution in [-0.2, 0) is 11.3 Å². The second kappa shape index (κ2) is 6.01. The van der Waals surface area contributed by atoms with E-state index in [0.717, 1.165) is 35.7 Å². The van der Waals surface area contributed by atoms with Crippen molar-refractivity contribution in [3.63, 3.8) is 0 Å². The maximum Gasteiger partial charge on any atom is 0.233 e. The van der Waals surface area contributed by atoms with E-state index in [0.29, 0.717) is 11.5 Å². The maximum atomic E-state index is 12.4. The molecule has 3 N–H and O–H groups in total. The molecule has 102 valence electrons. The number of benzene rings is 1. The van der Waals surface area contributed by atoms with Gasteiger partial charge in [-0.15, -0.1) is 0 Å². The predicted molar refractivity (Wildman–Crippen MR) is 83.7 cm³/mol. The second-order valence-corrected chi connectivity index (χ2v) is 6.22. The van der Waals surface area contributed by atoms with E-state index < -0.39 is 5.41 Å². The minimum absolute atomic E-state index is 0.0340. The molecule has 5 heteroatoms. The van der Waals surface area contributed by atoms with Crippen LogP contribution in [0.4, 0.5) is 0 Å². The smallest absolute Gasteiger partial charge is 0.233 e. The molecular weight excluding hydrogens is 324 g/mol. The molecule has 0 aliphatic heterocycles. The first-order valence-electron chi connectivity index (χ1n) is 6.38. The lowest BCUT2D eigenvalue weighted by Gasteiger charge is -2.26. The Morgan fingerprint density at radius 2 is 2.00 bits per heavy atom. The molecule has 0 atom stereocenters. The number of carbonyl (C=O) groups excluding carboxylic acids is 1. The molecule has 1 fully saturated rings. The van der Waals surface area contributed by atoms with E-state index in [9.17, 15) is 4.79 Å². The molecule has 0 bridgehead atoms. The molecule has 1 amide bonds. The highest BCUT2D eigenvalue weighted by atomic mass is 79.9. The third-order valence-electron chi connectivity index (χ3n) is 3.76. The Hall–Kier alpha value is -0.940. The molecule has 0 unspecified atom stereocenters. The minimum Gasteiger partial charge on any atom is -0.392 e. The molecular formula is C14H17BrN2OS. The third kappa shape index (κ3) is 2.98. The Morgan fingerprint density at radius 1 is 1.37 bits per heavy atom. The average Bonchev–Trinajstić information content (AvgIpc) is 2.88. The summed E-state index contributed by atoms with van der Waals surface area (Å²) in [4.78, 5) is 12.7. The summed E-state index contributed by atoms with van der Waals surface area (Å²) in [6.45, 7) is 0.491. The van der Waals surface area contributed by atoms with Crippen LogP contribution in [0.25, 0.3) is 0 Å². The number of carbonyl (C=O) groups is 1. The topological polar surface area (TPSA) is 55.1 Å². The zero-order valence-electron chi connectivity index (χ0n) is 10.6. The Balaban J connectivity index is 2.05. The molecule has 19 heavy (non-hydrogen) atoms. The van der Waals surface area contributed by atoms with Gasteiger partial charge in [-0.2, -0.15) is 0 Å². The largest absolute Gasteiger partial charge is 0.392 e.